The van der Waals surface area contributed by atoms with E-state index in [1.54, 1.807) is 0 Å². The van der Waals surface area contributed by atoms with Crippen molar-refractivity contribution in [3.8, 4) is 0 Å². The van der Waals surface area contributed by atoms with Crippen molar-refractivity contribution < 1.29 is 4.79 Å². The molecule has 78 valence electrons. The zero-order valence-electron chi connectivity index (χ0n) is 9.45. The predicted octanol–water partition coefficient (Wildman–Crippen LogP) is 3.56. The van der Waals surface area contributed by atoms with E-state index in [1.165, 1.54) is 0 Å². The van der Waals surface area contributed by atoms with Crippen molar-refractivity contribution in [2.45, 2.75) is 20.8 Å². The number of carbonyl (C=O) groups is 1. The molecule has 1 aromatic rings. The van der Waals surface area contributed by atoms with Gasteiger partial charge in [0.25, 0.3) is 0 Å². The number of Topliss-reactive ketones (excluding diaryl/α,β-unsaturated/α-hetero) is 1. The molecule has 0 aromatic heterocycles. The number of hydrogen-bond donors (Lipinski definition) is 0. The summed E-state index contributed by atoms with van der Waals surface area (Å²) < 4.78 is 0. The lowest BCUT2D eigenvalue weighted by Gasteiger charge is -2.29. The minimum atomic E-state index is 0.00111. The molecule has 15 heavy (non-hydrogen) atoms. The number of allylic oxidation sites excluding steroid dienone is 1. The van der Waals surface area contributed by atoms with Crippen LogP contribution in [0.5, 0.6) is 0 Å². The monoisotopic (exact) mass is 200 g/mol. The van der Waals surface area contributed by atoms with Gasteiger partial charge in [-0.25, -0.2) is 0 Å². The Labute approximate surface area is 90.8 Å². The second-order valence-electron chi connectivity index (χ2n) is 5.15. The topological polar surface area (TPSA) is 17.1 Å². The third kappa shape index (κ3) is 1.74. The van der Waals surface area contributed by atoms with Crippen molar-refractivity contribution >= 4 is 11.9 Å². The van der Waals surface area contributed by atoms with Gasteiger partial charge in [0.2, 0.25) is 0 Å². The molecule has 0 aliphatic heterocycles. The highest BCUT2D eigenvalue weighted by molar-refractivity contribution is 6.04. The number of ketones is 1. The van der Waals surface area contributed by atoms with Gasteiger partial charge in [0, 0.05) is 11.5 Å². The van der Waals surface area contributed by atoms with Gasteiger partial charge in [0.1, 0.15) is 0 Å². The first-order chi connectivity index (χ1) is 7.00. The molecule has 0 heterocycles. The first-order valence-electron chi connectivity index (χ1n) is 5.31. The van der Waals surface area contributed by atoms with E-state index >= 15 is 0 Å². The first kappa shape index (κ1) is 10.2. The fraction of sp³-hybridized carbons (Fsp3) is 0.357. The molecule has 2 rings (SSSR count). The molecule has 1 heteroatoms. The van der Waals surface area contributed by atoms with Gasteiger partial charge < -0.3 is 0 Å². The Kier molecular flexibility index (Phi) is 2.26. The average molecular weight is 200 g/mol. The zero-order chi connectivity index (χ0) is 11.1. The smallest absolute Gasteiger partial charge is 0.170 e. The van der Waals surface area contributed by atoms with Gasteiger partial charge in [-0.05, 0) is 11.0 Å². The Hall–Kier alpha value is -1.37. The Morgan fingerprint density at radius 1 is 1.13 bits per heavy atom. The second kappa shape index (κ2) is 3.34. The van der Waals surface area contributed by atoms with Crippen molar-refractivity contribution in [1.82, 2.24) is 0 Å². The van der Waals surface area contributed by atoms with Gasteiger partial charge in [0.15, 0.2) is 5.78 Å². The number of fused-ring (bicyclic) bond motifs is 1. The zero-order valence-corrected chi connectivity index (χ0v) is 9.45. The average Bonchev–Trinajstić information content (AvgIpc) is 2.16. The lowest BCUT2D eigenvalue weighted by molar-refractivity contribution is 0.0868. The number of benzene rings is 1. The quantitative estimate of drug-likeness (QED) is 0.625. The maximum atomic E-state index is 12.2. The normalized spacial score (nSPS) is 20.2. The molecular formula is C14H16O. The molecule has 0 N–H and O–H groups in total. The van der Waals surface area contributed by atoms with Crippen molar-refractivity contribution in [3.05, 3.63) is 41.5 Å². The first-order valence-corrected chi connectivity index (χ1v) is 5.31. The highest BCUT2D eigenvalue weighted by atomic mass is 16.1. The molecular weight excluding hydrogens is 184 g/mol. The van der Waals surface area contributed by atoms with Crippen LogP contribution in [0, 0.1) is 11.3 Å². The van der Waals surface area contributed by atoms with Gasteiger partial charge in [-0.2, -0.15) is 0 Å². The van der Waals surface area contributed by atoms with Crippen LogP contribution in [-0.4, -0.2) is 5.78 Å². The van der Waals surface area contributed by atoms with Gasteiger partial charge >= 0.3 is 0 Å². The van der Waals surface area contributed by atoms with Crippen LogP contribution in [-0.2, 0) is 0 Å². The third-order valence-electron chi connectivity index (χ3n) is 2.91. The van der Waals surface area contributed by atoms with E-state index in [2.05, 4.69) is 26.8 Å². The lowest BCUT2D eigenvalue weighted by Crippen LogP contribution is -2.29. The molecule has 0 bridgehead atoms. The van der Waals surface area contributed by atoms with Crippen LogP contribution in [0.4, 0.5) is 0 Å². The van der Waals surface area contributed by atoms with E-state index in [4.69, 9.17) is 0 Å². The number of rotatable bonds is 0. The molecule has 1 unspecified atom stereocenters. The maximum Gasteiger partial charge on any atom is 0.170 e. The summed E-state index contributed by atoms with van der Waals surface area (Å²) in [5, 5.41) is 0. The molecule has 1 aliphatic carbocycles. The largest absolute Gasteiger partial charge is 0.293 e. The highest BCUT2D eigenvalue weighted by Crippen LogP contribution is 2.34. The summed E-state index contributed by atoms with van der Waals surface area (Å²) in [5.41, 5.74) is 1.91. The van der Waals surface area contributed by atoms with Crippen molar-refractivity contribution in [2.24, 2.45) is 11.3 Å². The van der Waals surface area contributed by atoms with Crippen molar-refractivity contribution in [1.29, 1.82) is 0 Å². The fourth-order valence-electron chi connectivity index (χ4n) is 2.00. The number of carbonyl (C=O) groups excluding carboxylic acids is 1. The van der Waals surface area contributed by atoms with Crippen LogP contribution < -0.4 is 0 Å². The molecule has 1 aliphatic rings. The van der Waals surface area contributed by atoms with Crippen molar-refractivity contribution in [3.63, 3.8) is 0 Å². The Morgan fingerprint density at radius 3 is 2.47 bits per heavy atom. The minimum Gasteiger partial charge on any atom is -0.293 e. The van der Waals surface area contributed by atoms with Crippen LogP contribution in [0.1, 0.15) is 36.7 Å². The SMILES string of the molecule is CC(C)(C)C1C=Cc2ccccc2C1=O. The maximum absolute atomic E-state index is 12.2. The summed E-state index contributed by atoms with van der Waals surface area (Å²) in [6, 6.07) is 7.80. The van der Waals surface area contributed by atoms with E-state index in [1.807, 2.05) is 30.3 Å². The van der Waals surface area contributed by atoms with Gasteiger partial charge in [-0.3, -0.25) is 4.79 Å². The molecule has 0 saturated carbocycles. The van der Waals surface area contributed by atoms with E-state index in [-0.39, 0.29) is 17.1 Å². The van der Waals surface area contributed by atoms with E-state index in [0.717, 1.165) is 11.1 Å². The van der Waals surface area contributed by atoms with E-state index in [0.29, 0.717) is 0 Å². The summed E-state index contributed by atoms with van der Waals surface area (Å²) in [6.45, 7) is 6.32. The van der Waals surface area contributed by atoms with E-state index in [9.17, 15) is 4.79 Å². The summed E-state index contributed by atoms with van der Waals surface area (Å²) >= 11 is 0. The van der Waals surface area contributed by atoms with E-state index < -0.39 is 0 Å². The van der Waals surface area contributed by atoms with Crippen LogP contribution in [0.15, 0.2) is 30.3 Å². The van der Waals surface area contributed by atoms with Gasteiger partial charge in [-0.15, -0.1) is 0 Å². The lowest BCUT2D eigenvalue weighted by atomic mass is 9.73. The highest BCUT2D eigenvalue weighted by Gasteiger charge is 2.32. The Balaban J connectivity index is 2.46. The fourth-order valence-corrected chi connectivity index (χ4v) is 2.00. The molecule has 1 nitrogen and oxygen atoms in total. The molecule has 0 spiro atoms. The van der Waals surface area contributed by atoms with Gasteiger partial charge in [0.05, 0.1) is 0 Å². The van der Waals surface area contributed by atoms with Crippen LogP contribution >= 0.6 is 0 Å². The van der Waals surface area contributed by atoms with Gasteiger partial charge in [-0.1, -0.05) is 57.2 Å². The molecule has 0 radical (unpaired) electrons. The minimum absolute atomic E-state index is 0.00111. The van der Waals surface area contributed by atoms with Crippen LogP contribution in [0.3, 0.4) is 0 Å². The Morgan fingerprint density at radius 2 is 1.80 bits per heavy atom. The molecule has 0 amide bonds. The summed E-state index contributed by atoms with van der Waals surface area (Å²) in [6.07, 6.45) is 4.09. The summed E-state index contributed by atoms with van der Waals surface area (Å²) in [4.78, 5) is 12.2. The standard InChI is InChI=1S/C14H16O/c1-14(2,3)12-9-8-10-6-4-5-7-11(10)13(12)15/h4-9,12H,1-3H3. The molecule has 1 atom stereocenters. The predicted molar refractivity (Wildman–Crippen MR) is 62.8 cm³/mol. The second-order valence-corrected chi connectivity index (χ2v) is 5.15. The Bertz CT molecular complexity index is 421. The van der Waals surface area contributed by atoms with Crippen LogP contribution in [0.25, 0.3) is 6.08 Å². The summed E-state index contributed by atoms with van der Waals surface area (Å²) in [7, 11) is 0. The van der Waals surface area contributed by atoms with Crippen molar-refractivity contribution in [2.75, 3.05) is 0 Å². The third-order valence-corrected chi connectivity index (χ3v) is 2.91. The molecule has 1 aromatic carbocycles. The molecule has 0 fully saturated rings. The molecule has 0 saturated heterocycles. The summed E-state index contributed by atoms with van der Waals surface area (Å²) in [5.74, 6) is 0.257. The number of hydrogen-bond acceptors (Lipinski definition) is 1. The van der Waals surface area contributed by atoms with Crippen LogP contribution in [0.2, 0.25) is 0 Å².